The van der Waals surface area contributed by atoms with E-state index in [-0.39, 0.29) is 12.2 Å². The van der Waals surface area contributed by atoms with E-state index in [9.17, 15) is 26.4 Å². The molecule has 0 aliphatic carbocycles. The van der Waals surface area contributed by atoms with Crippen molar-refractivity contribution in [2.45, 2.75) is 45.1 Å². The molecule has 0 saturated carbocycles. The molecule has 1 fully saturated rings. The molecular formula is C23H28F3N3O3S. The fraction of sp³-hybridized carbons (Fsp3) is 0.435. The molecule has 2 aromatic rings. The minimum Gasteiger partial charge on any atom is -0.350 e. The minimum absolute atomic E-state index is 0.188. The molecule has 1 saturated heterocycles. The predicted octanol–water partition coefficient (Wildman–Crippen LogP) is 3.77. The van der Waals surface area contributed by atoms with Crippen LogP contribution in [-0.2, 0) is 34.1 Å². The maximum atomic E-state index is 13.1. The van der Waals surface area contributed by atoms with Crippen LogP contribution in [-0.4, -0.2) is 44.6 Å². The van der Waals surface area contributed by atoms with E-state index >= 15 is 0 Å². The second-order valence-electron chi connectivity index (χ2n) is 8.25. The maximum absolute atomic E-state index is 13.1. The molecule has 3 rings (SSSR count). The summed E-state index contributed by atoms with van der Waals surface area (Å²) in [6.45, 7) is 4.36. The number of benzene rings is 2. The lowest BCUT2D eigenvalue weighted by atomic mass is 10.1. The first-order valence-electron chi connectivity index (χ1n) is 10.7. The second kappa shape index (κ2) is 10.1. The van der Waals surface area contributed by atoms with Gasteiger partial charge in [-0.2, -0.15) is 13.2 Å². The molecule has 180 valence electrons. The fourth-order valence-electron chi connectivity index (χ4n) is 4.02. The molecule has 0 radical (unpaired) electrons. The van der Waals surface area contributed by atoms with Crippen molar-refractivity contribution in [3.05, 3.63) is 65.2 Å². The van der Waals surface area contributed by atoms with Crippen LogP contribution in [0.25, 0.3) is 0 Å². The predicted molar refractivity (Wildman–Crippen MR) is 121 cm³/mol. The average molecular weight is 484 g/mol. The molecule has 1 N–H and O–H groups in total. The maximum Gasteiger partial charge on any atom is 0.416 e. The first-order valence-corrected chi connectivity index (χ1v) is 12.5. The molecule has 1 amide bonds. The van der Waals surface area contributed by atoms with E-state index in [0.29, 0.717) is 4.31 Å². The van der Waals surface area contributed by atoms with E-state index in [1.54, 1.807) is 0 Å². The number of nitrogens with zero attached hydrogens (tertiary/aromatic N) is 2. The van der Waals surface area contributed by atoms with Crippen LogP contribution in [0.5, 0.6) is 0 Å². The highest BCUT2D eigenvalue weighted by Gasteiger charge is 2.34. The van der Waals surface area contributed by atoms with Gasteiger partial charge in [0.15, 0.2) is 0 Å². The van der Waals surface area contributed by atoms with Crippen LogP contribution in [0.1, 0.15) is 36.5 Å². The molecular weight excluding hydrogens is 455 g/mol. The number of nitrogens with one attached hydrogen (secondary N) is 1. The highest BCUT2D eigenvalue weighted by atomic mass is 32.2. The van der Waals surface area contributed by atoms with Gasteiger partial charge in [-0.3, -0.25) is 14.0 Å². The van der Waals surface area contributed by atoms with Crippen LogP contribution < -0.4 is 9.62 Å². The van der Waals surface area contributed by atoms with Gasteiger partial charge in [-0.15, -0.1) is 0 Å². The Labute approximate surface area is 192 Å². The third kappa shape index (κ3) is 6.48. The molecule has 2 aromatic carbocycles. The standard InChI is InChI=1S/C23H28F3N3O3S/c1-17(29(33(2,31)32)21-11-7-10-20(14-21)23(24,25)26)22(30)27-15-18-8-3-4-9-19(18)16-28-12-5-6-13-28/h3-4,7-11,14,17H,5-6,12-13,15-16H2,1-2H3,(H,27,30). The first-order chi connectivity index (χ1) is 15.5. The monoisotopic (exact) mass is 483 g/mol. The van der Waals surface area contributed by atoms with Crippen molar-refractivity contribution in [2.75, 3.05) is 23.7 Å². The smallest absolute Gasteiger partial charge is 0.350 e. The van der Waals surface area contributed by atoms with E-state index in [4.69, 9.17) is 0 Å². The summed E-state index contributed by atoms with van der Waals surface area (Å²) in [6, 6.07) is 10.4. The Bertz CT molecular complexity index is 1080. The number of likely N-dealkylation sites (tertiary alicyclic amines) is 1. The largest absolute Gasteiger partial charge is 0.416 e. The van der Waals surface area contributed by atoms with Crippen LogP contribution >= 0.6 is 0 Å². The highest BCUT2D eigenvalue weighted by Crippen LogP contribution is 2.32. The number of alkyl halides is 3. The van der Waals surface area contributed by atoms with Gasteiger partial charge in [-0.05, 0) is 62.2 Å². The number of hydrogen-bond donors (Lipinski definition) is 1. The SMILES string of the molecule is CC(C(=O)NCc1ccccc1CN1CCCC1)N(c1cccc(C(F)(F)F)c1)S(C)(=O)=O. The third-order valence-electron chi connectivity index (χ3n) is 5.68. The van der Waals surface area contributed by atoms with E-state index in [1.807, 2.05) is 24.3 Å². The molecule has 1 atom stereocenters. The molecule has 1 aliphatic heterocycles. The van der Waals surface area contributed by atoms with Gasteiger partial charge in [0, 0.05) is 13.1 Å². The average Bonchev–Trinajstić information content (AvgIpc) is 3.24. The lowest BCUT2D eigenvalue weighted by molar-refractivity contribution is -0.137. The van der Waals surface area contributed by atoms with Crippen molar-refractivity contribution < 1.29 is 26.4 Å². The summed E-state index contributed by atoms with van der Waals surface area (Å²) in [7, 11) is -4.03. The van der Waals surface area contributed by atoms with Crippen molar-refractivity contribution in [1.82, 2.24) is 10.2 Å². The van der Waals surface area contributed by atoms with Crippen molar-refractivity contribution >= 4 is 21.6 Å². The molecule has 33 heavy (non-hydrogen) atoms. The lowest BCUT2D eigenvalue weighted by Gasteiger charge is -2.29. The zero-order valence-corrected chi connectivity index (χ0v) is 19.4. The first kappa shape index (κ1) is 25.0. The Kier molecular flexibility index (Phi) is 7.69. The molecule has 1 heterocycles. The third-order valence-corrected chi connectivity index (χ3v) is 6.92. The molecule has 10 heteroatoms. The van der Waals surface area contributed by atoms with Crippen LogP contribution in [0.3, 0.4) is 0 Å². The molecule has 1 unspecified atom stereocenters. The topological polar surface area (TPSA) is 69.7 Å². The Morgan fingerprint density at radius 1 is 1.09 bits per heavy atom. The van der Waals surface area contributed by atoms with Crippen LogP contribution in [0.15, 0.2) is 48.5 Å². The second-order valence-corrected chi connectivity index (χ2v) is 10.1. The summed E-state index contributed by atoms with van der Waals surface area (Å²) in [5, 5.41) is 2.75. The lowest BCUT2D eigenvalue weighted by Crippen LogP contribution is -2.47. The van der Waals surface area contributed by atoms with Gasteiger partial charge in [-0.25, -0.2) is 8.42 Å². The summed E-state index contributed by atoms with van der Waals surface area (Å²) in [6.07, 6.45) is -1.45. The number of halogens is 3. The Morgan fingerprint density at radius 3 is 2.33 bits per heavy atom. The van der Waals surface area contributed by atoms with Crippen LogP contribution in [0, 0.1) is 0 Å². The molecule has 6 nitrogen and oxygen atoms in total. The summed E-state index contributed by atoms with van der Waals surface area (Å²) in [5.74, 6) is -0.603. The highest BCUT2D eigenvalue weighted by molar-refractivity contribution is 7.92. The minimum atomic E-state index is -4.64. The van der Waals surface area contributed by atoms with E-state index in [0.717, 1.165) is 68.1 Å². The van der Waals surface area contributed by atoms with Crippen molar-refractivity contribution in [2.24, 2.45) is 0 Å². The number of rotatable bonds is 8. The zero-order chi connectivity index (χ0) is 24.2. The van der Waals surface area contributed by atoms with Gasteiger partial charge in [-0.1, -0.05) is 30.3 Å². The van der Waals surface area contributed by atoms with Crippen LogP contribution in [0.2, 0.25) is 0 Å². The molecule has 1 aliphatic rings. The fourth-order valence-corrected chi connectivity index (χ4v) is 5.19. The Balaban J connectivity index is 1.76. The number of hydrogen-bond acceptors (Lipinski definition) is 4. The molecule has 0 bridgehead atoms. The number of anilines is 1. The van der Waals surface area contributed by atoms with E-state index in [2.05, 4.69) is 10.2 Å². The summed E-state index contributed by atoms with van der Waals surface area (Å²) in [4.78, 5) is 15.2. The molecule has 0 aromatic heterocycles. The van der Waals surface area contributed by atoms with Crippen LogP contribution in [0.4, 0.5) is 18.9 Å². The van der Waals surface area contributed by atoms with E-state index < -0.39 is 33.7 Å². The van der Waals surface area contributed by atoms with Crippen molar-refractivity contribution in [1.29, 1.82) is 0 Å². The van der Waals surface area contributed by atoms with Crippen molar-refractivity contribution in [3.63, 3.8) is 0 Å². The van der Waals surface area contributed by atoms with Gasteiger partial charge in [0.05, 0.1) is 17.5 Å². The Hall–Kier alpha value is -2.59. The number of carbonyl (C=O) groups excluding carboxylic acids is 1. The van der Waals surface area contributed by atoms with E-state index in [1.165, 1.54) is 13.0 Å². The summed E-state index contributed by atoms with van der Waals surface area (Å²) in [5.41, 5.74) is 0.779. The van der Waals surface area contributed by atoms with Gasteiger partial charge >= 0.3 is 6.18 Å². The van der Waals surface area contributed by atoms with Crippen molar-refractivity contribution in [3.8, 4) is 0 Å². The molecule has 0 spiro atoms. The summed E-state index contributed by atoms with van der Waals surface area (Å²) >= 11 is 0. The van der Waals surface area contributed by atoms with Gasteiger partial charge in [0.2, 0.25) is 15.9 Å². The van der Waals surface area contributed by atoms with Gasteiger partial charge in [0.1, 0.15) is 6.04 Å². The number of sulfonamides is 1. The Morgan fingerprint density at radius 2 is 1.73 bits per heavy atom. The summed E-state index contributed by atoms with van der Waals surface area (Å²) < 4.78 is 64.9. The quantitative estimate of drug-likeness (QED) is 0.621. The van der Waals surface area contributed by atoms with Gasteiger partial charge < -0.3 is 5.32 Å². The number of amides is 1. The number of carbonyl (C=O) groups is 1. The van der Waals surface area contributed by atoms with Gasteiger partial charge in [0.25, 0.3) is 0 Å². The zero-order valence-electron chi connectivity index (χ0n) is 18.6. The normalized spacial score (nSPS) is 15.9.